The Morgan fingerprint density at radius 1 is 0.868 bits per heavy atom. The summed E-state index contributed by atoms with van der Waals surface area (Å²) in [6.45, 7) is 4.59. The van der Waals surface area contributed by atoms with Gasteiger partial charge in [-0.1, -0.05) is 72.2 Å². The number of halogens is 1. The summed E-state index contributed by atoms with van der Waals surface area (Å²) in [6, 6.07) is 21.8. The Morgan fingerprint density at radius 3 is 2.05 bits per heavy atom. The molecule has 0 radical (unpaired) electrons. The summed E-state index contributed by atoms with van der Waals surface area (Å²) in [4.78, 5) is 28.8. The Balaban J connectivity index is 1.91. The molecule has 1 N–H and O–H groups in total. The van der Waals surface area contributed by atoms with Crippen LogP contribution in [0.1, 0.15) is 25.0 Å². The Hall–Kier alpha value is -3.52. The van der Waals surface area contributed by atoms with Crippen molar-refractivity contribution in [2.75, 3.05) is 27.4 Å². The number of hydrogen-bond acceptors (Lipinski definition) is 5. The largest absolute Gasteiger partial charge is 0.496 e. The number of hydrogen-bond donors (Lipinski definition) is 1. The molecule has 202 valence electrons. The van der Waals surface area contributed by atoms with E-state index in [1.807, 2.05) is 68.4 Å². The summed E-state index contributed by atoms with van der Waals surface area (Å²) < 4.78 is 17.4. The van der Waals surface area contributed by atoms with Crippen LogP contribution in [0.15, 0.2) is 77.3 Å². The zero-order valence-electron chi connectivity index (χ0n) is 22.3. The molecule has 8 heteroatoms. The highest BCUT2D eigenvalue weighted by Gasteiger charge is 2.30. The van der Waals surface area contributed by atoms with E-state index in [-0.39, 0.29) is 30.9 Å². The van der Waals surface area contributed by atoms with E-state index in [4.69, 9.17) is 14.2 Å². The standard InChI is InChI=1S/C30H35BrN2O5/c1-21(2)18-32-30(35)28(14-22-8-6-5-7-9-22)33(19-23-10-12-24(31)13-11-23)29(34)20-38-27-16-25(36-3)15-26(17-27)37-4/h5-13,15-17,21,28H,14,18-20H2,1-4H3,(H,32,35)/t28-/m0/s1. The minimum atomic E-state index is -0.726. The van der Waals surface area contributed by atoms with Gasteiger partial charge < -0.3 is 24.4 Å². The summed E-state index contributed by atoms with van der Waals surface area (Å²) in [5, 5.41) is 3.02. The first kappa shape index (κ1) is 29.0. The number of methoxy groups -OCH3 is 2. The van der Waals surface area contributed by atoms with Crippen molar-refractivity contribution in [3.63, 3.8) is 0 Å². The molecule has 0 aliphatic rings. The SMILES string of the molecule is COc1cc(OC)cc(OCC(=O)N(Cc2ccc(Br)cc2)[C@@H](Cc2ccccc2)C(=O)NCC(C)C)c1. The third-order valence-electron chi connectivity index (χ3n) is 5.91. The number of carbonyl (C=O) groups is 2. The molecule has 0 fully saturated rings. The third-order valence-corrected chi connectivity index (χ3v) is 6.44. The molecule has 3 rings (SSSR count). The highest BCUT2D eigenvalue weighted by molar-refractivity contribution is 9.10. The molecule has 0 saturated heterocycles. The summed E-state index contributed by atoms with van der Waals surface area (Å²) >= 11 is 3.46. The first-order valence-corrected chi connectivity index (χ1v) is 13.3. The van der Waals surface area contributed by atoms with Crippen molar-refractivity contribution in [3.8, 4) is 17.2 Å². The topological polar surface area (TPSA) is 77.1 Å². The van der Waals surface area contributed by atoms with E-state index in [0.29, 0.717) is 30.2 Å². The van der Waals surface area contributed by atoms with Gasteiger partial charge in [0.1, 0.15) is 23.3 Å². The second kappa shape index (κ2) is 14.4. The average Bonchev–Trinajstić information content (AvgIpc) is 2.93. The normalized spacial score (nSPS) is 11.5. The van der Waals surface area contributed by atoms with Crippen LogP contribution in [0.5, 0.6) is 17.2 Å². The number of benzene rings is 3. The fraction of sp³-hybridized carbons (Fsp3) is 0.333. The molecule has 3 aromatic rings. The minimum Gasteiger partial charge on any atom is -0.496 e. The first-order valence-electron chi connectivity index (χ1n) is 12.5. The maximum absolute atomic E-state index is 13.7. The minimum absolute atomic E-state index is 0.198. The van der Waals surface area contributed by atoms with Gasteiger partial charge in [-0.2, -0.15) is 0 Å². The van der Waals surface area contributed by atoms with Crippen molar-refractivity contribution in [1.29, 1.82) is 0 Å². The van der Waals surface area contributed by atoms with E-state index in [9.17, 15) is 9.59 Å². The fourth-order valence-electron chi connectivity index (χ4n) is 3.86. The predicted molar refractivity (Wildman–Crippen MR) is 152 cm³/mol. The summed E-state index contributed by atoms with van der Waals surface area (Å²) in [5.41, 5.74) is 1.86. The van der Waals surface area contributed by atoms with E-state index in [1.165, 1.54) is 0 Å². The maximum atomic E-state index is 13.7. The van der Waals surface area contributed by atoms with Crippen LogP contribution in [0.2, 0.25) is 0 Å². The number of ether oxygens (including phenoxy) is 3. The number of amides is 2. The van der Waals surface area contributed by atoms with E-state index < -0.39 is 6.04 Å². The first-order chi connectivity index (χ1) is 18.3. The van der Waals surface area contributed by atoms with E-state index in [1.54, 1.807) is 37.3 Å². The molecule has 0 aliphatic heterocycles. The van der Waals surface area contributed by atoms with Gasteiger partial charge in [-0.25, -0.2) is 0 Å². The van der Waals surface area contributed by atoms with Crippen molar-refractivity contribution in [2.24, 2.45) is 5.92 Å². The van der Waals surface area contributed by atoms with Crippen molar-refractivity contribution in [3.05, 3.63) is 88.4 Å². The quantitative estimate of drug-likeness (QED) is 0.297. The summed E-state index contributed by atoms with van der Waals surface area (Å²) in [5.74, 6) is 1.30. The van der Waals surface area contributed by atoms with Crippen LogP contribution >= 0.6 is 15.9 Å². The maximum Gasteiger partial charge on any atom is 0.261 e. The Morgan fingerprint density at radius 2 is 1.47 bits per heavy atom. The van der Waals surface area contributed by atoms with Crippen LogP contribution in [0.4, 0.5) is 0 Å². The molecular weight excluding hydrogens is 548 g/mol. The molecule has 0 heterocycles. The third kappa shape index (κ3) is 8.80. The lowest BCUT2D eigenvalue weighted by Crippen LogP contribution is -2.52. The van der Waals surface area contributed by atoms with Crippen LogP contribution in [0.25, 0.3) is 0 Å². The van der Waals surface area contributed by atoms with Crippen LogP contribution in [-0.2, 0) is 22.6 Å². The van der Waals surface area contributed by atoms with Crippen molar-refractivity contribution >= 4 is 27.7 Å². The Labute approximate surface area is 233 Å². The van der Waals surface area contributed by atoms with Crippen LogP contribution in [-0.4, -0.2) is 50.1 Å². The second-order valence-electron chi connectivity index (χ2n) is 9.33. The van der Waals surface area contributed by atoms with Gasteiger partial charge in [0.15, 0.2) is 6.61 Å². The van der Waals surface area contributed by atoms with Gasteiger partial charge >= 0.3 is 0 Å². The number of rotatable bonds is 13. The summed E-state index contributed by atoms with van der Waals surface area (Å²) in [7, 11) is 3.10. The highest BCUT2D eigenvalue weighted by atomic mass is 79.9. The summed E-state index contributed by atoms with van der Waals surface area (Å²) in [6.07, 6.45) is 0.375. The number of carbonyl (C=O) groups excluding carboxylic acids is 2. The van der Waals surface area contributed by atoms with Gasteiger partial charge in [-0.05, 0) is 29.2 Å². The molecule has 0 saturated carbocycles. The molecule has 7 nitrogen and oxygen atoms in total. The average molecular weight is 584 g/mol. The number of nitrogens with one attached hydrogen (secondary N) is 1. The fourth-order valence-corrected chi connectivity index (χ4v) is 4.12. The van der Waals surface area contributed by atoms with Gasteiger partial charge in [0.05, 0.1) is 14.2 Å². The zero-order chi connectivity index (χ0) is 27.5. The molecule has 1 atom stereocenters. The van der Waals surface area contributed by atoms with Gasteiger partial charge in [0, 0.05) is 42.2 Å². The Bertz CT molecular complexity index is 1160. The molecule has 0 aliphatic carbocycles. The highest BCUT2D eigenvalue weighted by Crippen LogP contribution is 2.27. The van der Waals surface area contributed by atoms with Gasteiger partial charge in [0.25, 0.3) is 5.91 Å². The molecule has 3 aromatic carbocycles. The van der Waals surface area contributed by atoms with E-state index in [2.05, 4.69) is 21.2 Å². The van der Waals surface area contributed by atoms with Crippen molar-refractivity contribution in [1.82, 2.24) is 10.2 Å². The molecule has 0 unspecified atom stereocenters. The van der Waals surface area contributed by atoms with E-state index >= 15 is 0 Å². The monoisotopic (exact) mass is 582 g/mol. The zero-order valence-corrected chi connectivity index (χ0v) is 23.9. The molecule has 0 aromatic heterocycles. The van der Waals surface area contributed by atoms with Gasteiger partial charge in [-0.3, -0.25) is 9.59 Å². The lowest BCUT2D eigenvalue weighted by Gasteiger charge is -2.31. The van der Waals surface area contributed by atoms with Gasteiger partial charge in [0.2, 0.25) is 5.91 Å². The second-order valence-corrected chi connectivity index (χ2v) is 10.2. The van der Waals surface area contributed by atoms with Crippen LogP contribution < -0.4 is 19.5 Å². The molecule has 2 amide bonds. The smallest absolute Gasteiger partial charge is 0.261 e. The number of nitrogens with zero attached hydrogens (tertiary/aromatic N) is 1. The molecule has 0 spiro atoms. The molecular formula is C30H35BrN2O5. The van der Waals surface area contributed by atoms with Crippen LogP contribution in [0, 0.1) is 5.92 Å². The van der Waals surface area contributed by atoms with E-state index in [0.717, 1.165) is 15.6 Å². The lowest BCUT2D eigenvalue weighted by molar-refractivity contribution is -0.142. The van der Waals surface area contributed by atoms with Gasteiger partial charge in [-0.15, -0.1) is 0 Å². The van der Waals surface area contributed by atoms with Crippen LogP contribution in [0.3, 0.4) is 0 Å². The Kier molecular flexibility index (Phi) is 11.0. The van der Waals surface area contributed by atoms with Crippen molar-refractivity contribution in [2.45, 2.75) is 32.9 Å². The molecule has 38 heavy (non-hydrogen) atoms. The lowest BCUT2D eigenvalue weighted by atomic mass is 10.0. The molecule has 0 bridgehead atoms. The predicted octanol–water partition coefficient (Wildman–Crippen LogP) is 5.26. The van der Waals surface area contributed by atoms with Crippen molar-refractivity contribution < 1.29 is 23.8 Å².